The van der Waals surface area contributed by atoms with E-state index in [9.17, 15) is 4.79 Å². The molecule has 0 aliphatic carbocycles. The number of piperidine rings is 1. The van der Waals surface area contributed by atoms with Crippen molar-refractivity contribution in [1.29, 1.82) is 0 Å². The van der Waals surface area contributed by atoms with Gasteiger partial charge in [-0.1, -0.05) is 29.3 Å². The molecule has 5 nitrogen and oxygen atoms in total. The summed E-state index contributed by atoms with van der Waals surface area (Å²) in [6.45, 7) is 4.52. The molecule has 0 aromatic heterocycles. The van der Waals surface area contributed by atoms with Gasteiger partial charge < -0.3 is 14.8 Å². The van der Waals surface area contributed by atoms with Gasteiger partial charge in [0.05, 0.1) is 30.3 Å². The highest BCUT2D eigenvalue weighted by molar-refractivity contribution is 6.42. The van der Waals surface area contributed by atoms with E-state index in [4.69, 9.17) is 32.7 Å². The van der Waals surface area contributed by atoms with Crippen molar-refractivity contribution >= 4 is 29.1 Å². The van der Waals surface area contributed by atoms with Crippen LogP contribution in [0.3, 0.4) is 0 Å². The molecule has 0 spiro atoms. The Morgan fingerprint density at radius 1 is 1.10 bits per heavy atom. The van der Waals surface area contributed by atoms with E-state index in [0.717, 1.165) is 55.1 Å². The van der Waals surface area contributed by atoms with E-state index < -0.39 is 0 Å². The lowest BCUT2D eigenvalue weighted by molar-refractivity contribution is -0.127. The van der Waals surface area contributed by atoms with Crippen LogP contribution in [0, 0.1) is 5.92 Å². The van der Waals surface area contributed by atoms with E-state index in [0.29, 0.717) is 10.0 Å². The molecule has 1 heterocycles. The van der Waals surface area contributed by atoms with Crippen molar-refractivity contribution in [3.8, 4) is 11.5 Å². The number of amides is 1. The number of hydrogen-bond acceptors (Lipinski definition) is 4. The zero-order valence-electron chi connectivity index (χ0n) is 17.6. The molecule has 162 valence electrons. The number of carbonyl (C=O) groups is 1. The maximum atomic E-state index is 12.8. The number of carbonyl (C=O) groups excluding carboxylic acids is 1. The van der Waals surface area contributed by atoms with Crippen LogP contribution in [-0.2, 0) is 11.3 Å². The molecule has 1 amide bonds. The third-order valence-electron chi connectivity index (χ3n) is 5.61. The summed E-state index contributed by atoms with van der Waals surface area (Å²) in [5.74, 6) is 1.57. The maximum absolute atomic E-state index is 12.8. The summed E-state index contributed by atoms with van der Waals surface area (Å²) in [6, 6.07) is 11.2. The molecule has 0 bridgehead atoms. The maximum Gasteiger partial charge on any atom is 0.223 e. The summed E-state index contributed by atoms with van der Waals surface area (Å²) < 4.78 is 10.8. The number of halogens is 2. The zero-order valence-corrected chi connectivity index (χ0v) is 19.1. The summed E-state index contributed by atoms with van der Waals surface area (Å²) in [4.78, 5) is 15.2. The van der Waals surface area contributed by atoms with E-state index in [1.54, 1.807) is 14.2 Å². The molecule has 2 aromatic rings. The van der Waals surface area contributed by atoms with Gasteiger partial charge in [0, 0.05) is 18.0 Å². The Morgan fingerprint density at radius 2 is 1.83 bits per heavy atom. The second kappa shape index (κ2) is 10.4. The highest BCUT2D eigenvalue weighted by atomic mass is 35.5. The first kappa shape index (κ1) is 22.7. The SMILES string of the molecule is COc1ccc(OC)c([C@@H](C)NC(=O)C2CCN(Cc3ccc(Cl)c(Cl)c3)CC2)c1. The van der Waals surface area contributed by atoms with Gasteiger partial charge in [0.1, 0.15) is 11.5 Å². The minimum absolute atomic E-state index is 0.00843. The molecule has 30 heavy (non-hydrogen) atoms. The zero-order chi connectivity index (χ0) is 21.7. The van der Waals surface area contributed by atoms with Crippen molar-refractivity contribution in [2.75, 3.05) is 27.3 Å². The molecular formula is C23H28Cl2N2O3. The topological polar surface area (TPSA) is 50.8 Å². The van der Waals surface area contributed by atoms with Crippen LogP contribution in [0.25, 0.3) is 0 Å². The summed E-state index contributed by atoms with van der Waals surface area (Å²) in [7, 11) is 3.25. The Hall–Kier alpha value is -1.95. The fourth-order valence-electron chi connectivity index (χ4n) is 3.84. The predicted molar refractivity (Wildman–Crippen MR) is 121 cm³/mol. The van der Waals surface area contributed by atoms with Crippen LogP contribution in [-0.4, -0.2) is 38.1 Å². The lowest BCUT2D eigenvalue weighted by Gasteiger charge is -2.32. The van der Waals surface area contributed by atoms with Gasteiger partial charge in [0.2, 0.25) is 5.91 Å². The van der Waals surface area contributed by atoms with Crippen molar-refractivity contribution in [2.45, 2.75) is 32.4 Å². The second-order valence-corrected chi connectivity index (χ2v) is 8.45. The van der Waals surface area contributed by atoms with Crippen molar-refractivity contribution in [3.63, 3.8) is 0 Å². The lowest BCUT2D eigenvalue weighted by Crippen LogP contribution is -2.40. The molecular weight excluding hydrogens is 423 g/mol. The highest BCUT2D eigenvalue weighted by Gasteiger charge is 2.26. The van der Waals surface area contributed by atoms with Crippen LogP contribution in [0.15, 0.2) is 36.4 Å². The number of likely N-dealkylation sites (tertiary alicyclic amines) is 1. The van der Waals surface area contributed by atoms with Gasteiger partial charge >= 0.3 is 0 Å². The first-order valence-electron chi connectivity index (χ1n) is 10.1. The van der Waals surface area contributed by atoms with Crippen LogP contribution in [0.1, 0.15) is 36.9 Å². The summed E-state index contributed by atoms with van der Waals surface area (Å²) >= 11 is 12.1. The third-order valence-corrected chi connectivity index (χ3v) is 6.35. The molecule has 3 rings (SSSR count). The molecule has 0 saturated carbocycles. The predicted octanol–water partition coefficient (Wildman–Crippen LogP) is 5.10. The molecule has 1 N–H and O–H groups in total. The standard InChI is InChI=1S/C23H28Cl2N2O3/c1-15(19-13-18(29-2)5-7-22(19)30-3)26-23(28)17-8-10-27(11-9-17)14-16-4-6-20(24)21(25)12-16/h4-7,12-13,15,17H,8-11,14H2,1-3H3,(H,26,28)/t15-/m1/s1. The first-order valence-corrected chi connectivity index (χ1v) is 10.9. The van der Waals surface area contributed by atoms with Gasteiger partial charge in [-0.3, -0.25) is 9.69 Å². The van der Waals surface area contributed by atoms with E-state index >= 15 is 0 Å². The van der Waals surface area contributed by atoms with Crippen molar-refractivity contribution in [1.82, 2.24) is 10.2 Å². The van der Waals surface area contributed by atoms with Gasteiger partial charge in [0.25, 0.3) is 0 Å². The van der Waals surface area contributed by atoms with Crippen molar-refractivity contribution in [2.24, 2.45) is 5.92 Å². The minimum atomic E-state index is -0.170. The van der Waals surface area contributed by atoms with E-state index in [-0.39, 0.29) is 17.9 Å². The number of ether oxygens (including phenoxy) is 2. The largest absolute Gasteiger partial charge is 0.497 e. The number of nitrogens with one attached hydrogen (secondary N) is 1. The molecule has 0 unspecified atom stereocenters. The number of rotatable bonds is 7. The van der Waals surface area contributed by atoms with Crippen LogP contribution >= 0.6 is 23.2 Å². The number of nitrogens with zero attached hydrogens (tertiary/aromatic N) is 1. The summed E-state index contributed by atoms with van der Waals surface area (Å²) in [5, 5.41) is 4.29. The smallest absolute Gasteiger partial charge is 0.223 e. The Labute approximate surface area is 188 Å². The first-order chi connectivity index (χ1) is 14.4. The second-order valence-electron chi connectivity index (χ2n) is 7.64. The molecule has 1 fully saturated rings. The van der Waals surface area contributed by atoms with Crippen LogP contribution in [0.2, 0.25) is 10.0 Å². The van der Waals surface area contributed by atoms with E-state index in [1.165, 1.54) is 0 Å². The number of hydrogen-bond donors (Lipinski definition) is 1. The average molecular weight is 451 g/mol. The Morgan fingerprint density at radius 3 is 2.47 bits per heavy atom. The monoisotopic (exact) mass is 450 g/mol. The Kier molecular flexibility index (Phi) is 7.87. The molecule has 1 atom stereocenters. The third kappa shape index (κ3) is 5.60. The van der Waals surface area contributed by atoms with E-state index in [2.05, 4.69) is 10.2 Å². The van der Waals surface area contributed by atoms with Crippen molar-refractivity contribution in [3.05, 3.63) is 57.6 Å². The van der Waals surface area contributed by atoms with Gasteiger partial charge in [-0.2, -0.15) is 0 Å². The van der Waals surface area contributed by atoms with Crippen LogP contribution in [0.4, 0.5) is 0 Å². The average Bonchev–Trinajstić information content (AvgIpc) is 2.76. The minimum Gasteiger partial charge on any atom is -0.497 e. The molecule has 1 aliphatic heterocycles. The highest BCUT2D eigenvalue weighted by Crippen LogP contribution is 2.30. The Balaban J connectivity index is 1.54. The van der Waals surface area contributed by atoms with Crippen molar-refractivity contribution < 1.29 is 14.3 Å². The lowest BCUT2D eigenvalue weighted by atomic mass is 9.94. The quantitative estimate of drug-likeness (QED) is 0.637. The molecule has 2 aromatic carbocycles. The molecule has 7 heteroatoms. The molecule has 1 aliphatic rings. The fraction of sp³-hybridized carbons (Fsp3) is 0.435. The molecule has 1 saturated heterocycles. The van der Waals surface area contributed by atoms with Crippen LogP contribution in [0.5, 0.6) is 11.5 Å². The van der Waals surface area contributed by atoms with Gasteiger partial charge in [-0.05, 0) is 68.8 Å². The van der Waals surface area contributed by atoms with Gasteiger partial charge in [-0.15, -0.1) is 0 Å². The van der Waals surface area contributed by atoms with Gasteiger partial charge in [0.15, 0.2) is 0 Å². The Bertz CT molecular complexity index is 883. The number of methoxy groups -OCH3 is 2. The number of benzene rings is 2. The van der Waals surface area contributed by atoms with Gasteiger partial charge in [-0.25, -0.2) is 0 Å². The normalized spacial score (nSPS) is 16.2. The van der Waals surface area contributed by atoms with Crippen LogP contribution < -0.4 is 14.8 Å². The summed E-state index contributed by atoms with van der Waals surface area (Å²) in [5.41, 5.74) is 2.04. The summed E-state index contributed by atoms with van der Waals surface area (Å²) in [6.07, 6.45) is 1.66. The fourth-order valence-corrected chi connectivity index (χ4v) is 4.16. The van der Waals surface area contributed by atoms with E-state index in [1.807, 2.05) is 43.3 Å². The molecule has 0 radical (unpaired) electrons.